The summed E-state index contributed by atoms with van der Waals surface area (Å²) < 4.78 is 36.1. The average molecular weight is 531 g/mol. The minimum atomic E-state index is -1.52. The third-order valence-electron chi connectivity index (χ3n) is 7.17. The fraction of sp³-hybridized carbons (Fsp3) is 0.273. The summed E-state index contributed by atoms with van der Waals surface area (Å²) in [5, 5.41) is 10.2. The predicted octanol–water partition coefficient (Wildman–Crippen LogP) is 8.44. The van der Waals surface area contributed by atoms with Crippen molar-refractivity contribution >= 4 is 13.3 Å². The van der Waals surface area contributed by atoms with Crippen LogP contribution in [0.1, 0.15) is 26.2 Å². The van der Waals surface area contributed by atoms with Gasteiger partial charge in [-0.1, -0.05) is 117 Å². The first-order chi connectivity index (χ1) is 18.3. The van der Waals surface area contributed by atoms with Crippen LogP contribution in [0.4, 0.5) is 8.78 Å². The third kappa shape index (κ3) is 6.40. The molecule has 0 saturated carbocycles. The Balaban J connectivity index is 1.51. The van der Waals surface area contributed by atoms with E-state index in [2.05, 4.69) is 32.2 Å². The van der Waals surface area contributed by atoms with Crippen molar-refractivity contribution in [2.24, 2.45) is 0 Å². The van der Waals surface area contributed by atoms with Gasteiger partial charge in [-0.15, -0.1) is 0 Å². The van der Waals surface area contributed by atoms with E-state index >= 15 is 8.78 Å². The lowest BCUT2D eigenvalue weighted by Crippen LogP contribution is -2.40. The fourth-order valence-corrected chi connectivity index (χ4v) is 7.29. The molecule has 0 atom stereocenters. The Morgan fingerprint density at radius 1 is 0.658 bits per heavy atom. The maximum Gasteiger partial charge on any atom is 0.167 e. The topological polar surface area (TPSA) is 29.5 Å². The van der Waals surface area contributed by atoms with Crippen molar-refractivity contribution < 1.29 is 18.6 Å². The Morgan fingerprint density at radius 2 is 1.13 bits per heavy atom. The van der Waals surface area contributed by atoms with Crippen molar-refractivity contribution in [2.45, 2.75) is 45.3 Å². The zero-order valence-corrected chi connectivity index (χ0v) is 23.4. The SMILES string of the molecule is CCCC[Si](C)(C)c1ccc(-c2ccc(-c3ccc(-c4ccc(OCCCO)cc4)cc3)c(F)c2F)cc1. The first kappa shape index (κ1) is 27.7. The highest BCUT2D eigenvalue weighted by molar-refractivity contribution is 6.89. The van der Waals surface area contributed by atoms with Gasteiger partial charge in [-0.3, -0.25) is 0 Å². The van der Waals surface area contributed by atoms with Crippen LogP contribution in [0.15, 0.2) is 84.9 Å². The van der Waals surface area contributed by atoms with Crippen molar-refractivity contribution in [1.29, 1.82) is 0 Å². The van der Waals surface area contributed by atoms with Gasteiger partial charge in [0, 0.05) is 24.2 Å². The number of hydrogen-bond donors (Lipinski definition) is 1. The Morgan fingerprint density at radius 3 is 1.63 bits per heavy atom. The average Bonchev–Trinajstić information content (AvgIpc) is 2.94. The molecular formula is C33H36F2O2Si. The molecular weight excluding hydrogens is 494 g/mol. The summed E-state index contributed by atoms with van der Waals surface area (Å²) in [6.07, 6.45) is 2.99. The zero-order chi connectivity index (χ0) is 27.1. The van der Waals surface area contributed by atoms with Crippen molar-refractivity contribution in [2.75, 3.05) is 13.2 Å². The molecule has 0 bridgehead atoms. The first-order valence-corrected chi connectivity index (χ1v) is 16.6. The molecule has 0 spiro atoms. The van der Waals surface area contributed by atoms with Gasteiger partial charge in [0.2, 0.25) is 0 Å². The first-order valence-electron chi connectivity index (χ1n) is 13.4. The molecule has 0 aliphatic heterocycles. The molecule has 0 unspecified atom stereocenters. The van der Waals surface area contributed by atoms with Gasteiger partial charge in [0.25, 0.3) is 0 Å². The molecule has 0 heterocycles. The van der Waals surface area contributed by atoms with Gasteiger partial charge < -0.3 is 9.84 Å². The molecule has 0 radical (unpaired) electrons. The van der Waals surface area contributed by atoms with E-state index in [1.165, 1.54) is 24.1 Å². The van der Waals surface area contributed by atoms with E-state index in [1.807, 2.05) is 60.7 Å². The third-order valence-corrected chi connectivity index (χ3v) is 10.7. The minimum Gasteiger partial charge on any atom is -0.494 e. The summed E-state index contributed by atoms with van der Waals surface area (Å²) in [5.41, 5.74) is 3.81. The van der Waals surface area contributed by atoms with Crippen LogP contribution in [0, 0.1) is 11.6 Å². The number of unbranched alkanes of at least 4 members (excludes halogenated alkanes) is 1. The van der Waals surface area contributed by atoms with Crippen LogP contribution in [-0.2, 0) is 0 Å². The molecule has 0 saturated heterocycles. The van der Waals surface area contributed by atoms with E-state index in [0.29, 0.717) is 24.2 Å². The van der Waals surface area contributed by atoms with E-state index in [9.17, 15) is 0 Å². The second-order valence-corrected chi connectivity index (χ2v) is 15.2. The van der Waals surface area contributed by atoms with Crippen LogP contribution in [0.2, 0.25) is 19.1 Å². The Hall–Kier alpha value is -3.28. The number of aliphatic hydroxyl groups is 1. The smallest absolute Gasteiger partial charge is 0.167 e. The van der Waals surface area contributed by atoms with E-state index in [1.54, 1.807) is 12.1 Å². The Kier molecular flexibility index (Phi) is 9.13. The molecule has 5 heteroatoms. The lowest BCUT2D eigenvalue weighted by molar-refractivity contribution is 0.233. The molecule has 1 N–H and O–H groups in total. The quantitative estimate of drug-likeness (QED) is 0.156. The zero-order valence-electron chi connectivity index (χ0n) is 22.4. The predicted molar refractivity (Wildman–Crippen MR) is 157 cm³/mol. The summed E-state index contributed by atoms with van der Waals surface area (Å²) in [6.45, 7) is 7.50. The Bertz CT molecular complexity index is 1330. The Labute approximate surface area is 226 Å². The van der Waals surface area contributed by atoms with Crippen LogP contribution in [-0.4, -0.2) is 26.4 Å². The standard InChI is InChI=1S/C33H36F2O2Si/c1-4-5-23-38(2,3)29-17-13-27(14-18-29)31-20-19-30(32(34)33(31)35)26-9-7-24(8-10-26)25-11-15-28(16-12-25)37-22-6-21-36/h7-20,36H,4-6,21-23H2,1-3H3. The lowest BCUT2D eigenvalue weighted by atomic mass is 9.97. The van der Waals surface area contributed by atoms with E-state index in [4.69, 9.17) is 9.84 Å². The van der Waals surface area contributed by atoms with E-state index < -0.39 is 19.7 Å². The highest BCUT2D eigenvalue weighted by atomic mass is 28.3. The van der Waals surface area contributed by atoms with Crippen LogP contribution in [0.25, 0.3) is 33.4 Å². The molecule has 2 nitrogen and oxygen atoms in total. The molecule has 4 aromatic carbocycles. The van der Waals surface area contributed by atoms with Gasteiger partial charge in [0.15, 0.2) is 11.6 Å². The highest BCUT2D eigenvalue weighted by Crippen LogP contribution is 2.33. The summed E-state index contributed by atoms with van der Waals surface area (Å²) >= 11 is 0. The lowest BCUT2D eigenvalue weighted by Gasteiger charge is -2.23. The number of rotatable bonds is 11. The number of halogens is 2. The maximum atomic E-state index is 15.2. The molecule has 4 aromatic rings. The maximum absolute atomic E-state index is 15.2. The monoisotopic (exact) mass is 530 g/mol. The second kappa shape index (κ2) is 12.5. The molecule has 0 amide bonds. The molecule has 198 valence electrons. The van der Waals surface area contributed by atoms with Crippen molar-refractivity contribution in [3.8, 4) is 39.1 Å². The van der Waals surface area contributed by atoms with Gasteiger partial charge in [0.05, 0.1) is 14.7 Å². The molecule has 38 heavy (non-hydrogen) atoms. The van der Waals surface area contributed by atoms with Crippen LogP contribution < -0.4 is 9.92 Å². The second-order valence-electron chi connectivity index (χ2n) is 10.4. The fourth-order valence-electron chi connectivity index (χ4n) is 4.70. The van der Waals surface area contributed by atoms with Crippen molar-refractivity contribution in [3.05, 3.63) is 96.6 Å². The van der Waals surface area contributed by atoms with Gasteiger partial charge in [-0.05, 0) is 34.4 Å². The van der Waals surface area contributed by atoms with E-state index in [-0.39, 0.29) is 17.7 Å². The number of benzene rings is 4. The van der Waals surface area contributed by atoms with Gasteiger partial charge in [-0.25, -0.2) is 8.78 Å². The van der Waals surface area contributed by atoms with Crippen molar-refractivity contribution in [3.63, 3.8) is 0 Å². The largest absolute Gasteiger partial charge is 0.494 e. The summed E-state index contributed by atoms with van der Waals surface area (Å²) in [4.78, 5) is 0. The van der Waals surface area contributed by atoms with Crippen LogP contribution in [0.3, 0.4) is 0 Å². The van der Waals surface area contributed by atoms with E-state index in [0.717, 1.165) is 16.9 Å². The van der Waals surface area contributed by atoms with Crippen LogP contribution >= 0.6 is 0 Å². The van der Waals surface area contributed by atoms with Crippen LogP contribution in [0.5, 0.6) is 5.75 Å². The summed E-state index contributed by atoms with van der Waals surface area (Å²) in [7, 11) is -1.52. The molecule has 4 rings (SSSR count). The molecule has 0 aliphatic rings. The number of aliphatic hydroxyl groups excluding tert-OH is 1. The van der Waals surface area contributed by atoms with Gasteiger partial charge >= 0.3 is 0 Å². The highest BCUT2D eigenvalue weighted by Gasteiger charge is 2.23. The normalized spacial score (nSPS) is 11.5. The molecule has 0 aliphatic carbocycles. The number of ether oxygens (including phenoxy) is 1. The van der Waals surface area contributed by atoms with Gasteiger partial charge in [-0.2, -0.15) is 0 Å². The van der Waals surface area contributed by atoms with Gasteiger partial charge in [0.1, 0.15) is 5.75 Å². The summed E-state index contributed by atoms with van der Waals surface area (Å²) in [6, 6.07) is 27.7. The molecule has 0 aromatic heterocycles. The summed E-state index contributed by atoms with van der Waals surface area (Å²) in [5.74, 6) is -0.909. The number of hydrogen-bond acceptors (Lipinski definition) is 2. The molecule has 0 fully saturated rings. The minimum absolute atomic E-state index is 0.101. The van der Waals surface area contributed by atoms with Crippen molar-refractivity contribution in [1.82, 2.24) is 0 Å².